The Bertz CT molecular complexity index is 245. The minimum absolute atomic E-state index is 0.240. The minimum Gasteiger partial charge on any atom is -0.382 e. The summed E-state index contributed by atoms with van der Waals surface area (Å²) in [5, 5.41) is 4.89. The molecule has 0 aromatic heterocycles. The second kappa shape index (κ2) is 8.85. The van der Waals surface area contributed by atoms with E-state index in [0.29, 0.717) is 13.2 Å². The summed E-state index contributed by atoms with van der Waals surface area (Å²) < 4.78 is 41.5. The Kier molecular flexibility index (Phi) is 8.71. The Balaban J connectivity index is 3.95. The molecule has 0 aromatic rings. The molecule has 0 fully saturated rings. The number of methoxy groups -OCH3 is 2. The molecule has 98 valence electrons. The monoisotopic (exact) mass is 257 g/mol. The van der Waals surface area contributed by atoms with Crippen molar-refractivity contribution in [3.8, 4) is 0 Å². The topological polar surface area (TPSA) is 97.1 Å². The second-order valence-corrected chi connectivity index (χ2v) is 4.65. The molecule has 0 radical (unpaired) electrons. The summed E-state index contributed by atoms with van der Waals surface area (Å²) in [6.07, 6.45) is -0.889. The molecular weight excluding hydrogens is 238 g/mol. The highest BCUT2D eigenvalue weighted by atomic mass is 32.2. The Hall–Kier alpha value is -0.250. The number of primary sulfonamides is 1. The van der Waals surface area contributed by atoms with Crippen molar-refractivity contribution in [2.24, 2.45) is 5.14 Å². The van der Waals surface area contributed by atoms with Crippen LogP contribution in [0.15, 0.2) is 0 Å². The lowest BCUT2D eigenvalue weighted by molar-refractivity contribution is -0.141. The molecule has 0 aliphatic rings. The summed E-state index contributed by atoms with van der Waals surface area (Å²) in [5.41, 5.74) is 0. The van der Waals surface area contributed by atoms with Gasteiger partial charge in [0.25, 0.3) is 0 Å². The van der Waals surface area contributed by atoms with Crippen molar-refractivity contribution in [3.63, 3.8) is 0 Å². The van der Waals surface area contributed by atoms with Crippen molar-refractivity contribution in [1.29, 1.82) is 0 Å². The maximum atomic E-state index is 10.9. The number of rotatable bonds is 10. The second-order valence-electron chi connectivity index (χ2n) is 2.99. The maximum absolute atomic E-state index is 10.9. The fourth-order valence-electron chi connectivity index (χ4n) is 0.860. The van der Waals surface area contributed by atoms with E-state index in [9.17, 15) is 8.42 Å². The largest absolute Gasteiger partial charge is 0.382 e. The molecule has 2 N–H and O–H groups in total. The van der Waals surface area contributed by atoms with Gasteiger partial charge in [-0.3, -0.25) is 0 Å². The predicted molar refractivity (Wildman–Crippen MR) is 57.4 cm³/mol. The normalized spacial score (nSPS) is 12.2. The Morgan fingerprint density at radius 1 is 1.00 bits per heavy atom. The van der Waals surface area contributed by atoms with E-state index >= 15 is 0 Å². The van der Waals surface area contributed by atoms with Gasteiger partial charge in [0.15, 0.2) is 6.29 Å². The van der Waals surface area contributed by atoms with Crippen molar-refractivity contribution in [1.82, 2.24) is 0 Å². The molecule has 0 heterocycles. The van der Waals surface area contributed by atoms with Crippen LogP contribution in [-0.2, 0) is 29.0 Å². The molecule has 0 spiro atoms. The van der Waals surface area contributed by atoms with Crippen LogP contribution in [0.2, 0.25) is 0 Å². The van der Waals surface area contributed by atoms with Crippen LogP contribution in [0.25, 0.3) is 0 Å². The zero-order valence-corrected chi connectivity index (χ0v) is 10.4. The van der Waals surface area contributed by atoms with Crippen molar-refractivity contribution < 1.29 is 27.4 Å². The average molecular weight is 257 g/mol. The molecule has 16 heavy (non-hydrogen) atoms. The van der Waals surface area contributed by atoms with Gasteiger partial charge in [-0.1, -0.05) is 0 Å². The molecule has 0 amide bonds. The molecule has 0 saturated heterocycles. The Morgan fingerprint density at radius 2 is 1.44 bits per heavy atom. The standard InChI is InChI=1S/C8H19NO6S/c1-12-3-5-14-8(7-16(9,10)11)15-6-4-13-2/h8H,3-7H2,1-2H3,(H2,9,10,11). The van der Waals surface area contributed by atoms with Crippen molar-refractivity contribution in [2.75, 3.05) is 46.4 Å². The first-order valence-electron chi connectivity index (χ1n) is 4.71. The van der Waals surface area contributed by atoms with Crippen LogP contribution in [0, 0.1) is 0 Å². The lowest BCUT2D eigenvalue weighted by Crippen LogP contribution is -2.32. The smallest absolute Gasteiger partial charge is 0.214 e. The average Bonchev–Trinajstić information content (AvgIpc) is 2.16. The lowest BCUT2D eigenvalue weighted by atomic mass is 10.6. The summed E-state index contributed by atoms with van der Waals surface area (Å²) in [5.74, 6) is -0.388. The van der Waals surface area contributed by atoms with Crippen LogP contribution in [0.4, 0.5) is 0 Å². The highest BCUT2D eigenvalue weighted by Crippen LogP contribution is 1.98. The molecule has 8 heteroatoms. The third-order valence-electron chi connectivity index (χ3n) is 1.55. The summed E-state index contributed by atoms with van der Waals surface area (Å²) in [6, 6.07) is 0. The fourth-order valence-corrected chi connectivity index (χ4v) is 1.43. The fraction of sp³-hybridized carbons (Fsp3) is 1.00. The van der Waals surface area contributed by atoms with Gasteiger partial charge >= 0.3 is 0 Å². The number of ether oxygens (including phenoxy) is 4. The first-order valence-corrected chi connectivity index (χ1v) is 6.42. The number of nitrogens with two attached hydrogens (primary N) is 1. The lowest BCUT2D eigenvalue weighted by Gasteiger charge is -2.17. The Morgan fingerprint density at radius 3 is 1.75 bits per heavy atom. The first kappa shape index (κ1) is 15.8. The molecule has 0 aliphatic heterocycles. The predicted octanol–water partition coefficient (Wildman–Crippen LogP) is -1.07. The van der Waals surface area contributed by atoms with E-state index in [0.717, 1.165) is 0 Å². The number of hydrogen-bond acceptors (Lipinski definition) is 6. The molecule has 0 unspecified atom stereocenters. The van der Waals surface area contributed by atoms with Crippen LogP contribution >= 0.6 is 0 Å². The van der Waals surface area contributed by atoms with E-state index in [-0.39, 0.29) is 19.0 Å². The van der Waals surface area contributed by atoms with Gasteiger partial charge in [-0.25, -0.2) is 13.6 Å². The zero-order chi connectivity index (χ0) is 12.4. The van der Waals surface area contributed by atoms with Gasteiger partial charge in [0.1, 0.15) is 5.75 Å². The van der Waals surface area contributed by atoms with Crippen molar-refractivity contribution in [2.45, 2.75) is 6.29 Å². The van der Waals surface area contributed by atoms with Crippen molar-refractivity contribution >= 4 is 10.0 Å². The van der Waals surface area contributed by atoms with Crippen LogP contribution in [0.5, 0.6) is 0 Å². The molecule has 0 saturated carbocycles. The maximum Gasteiger partial charge on any atom is 0.214 e. The molecule has 7 nitrogen and oxygen atoms in total. The molecular formula is C8H19NO6S. The van der Waals surface area contributed by atoms with E-state index in [1.54, 1.807) is 0 Å². The van der Waals surface area contributed by atoms with Crippen LogP contribution < -0.4 is 5.14 Å². The number of sulfonamides is 1. The molecule has 0 atom stereocenters. The van der Waals surface area contributed by atoms with Crippen LogP contribution in [-0.4, -0.2) is 61.1 Å². The van der Waals surface area contributed by atoms with Gasteiger partial charge in [0.2, 0.25) is 10.0 Å². The summed E-state index contributed by atoms with van der Waals surface area (Å²) in [7, 11) is -0.594. The zero-order valence-electron chi connectivity index (χ0n) is 9.55. The van der Waals surface area contributed by atoms with E-state index in [2.05, 4.69) is 0 Å². The Labute approximate surface area is 95.8 Å². The van der Waals surface area contributed by atoms with Crippen LogP contribution in [0.1, 0.15) is 0 Å². The quantitative estimate of drug-likeness (QED) is 0.395. The molecule has 0 aliphatic carbocycles. The van der Waals surface area contributed by atoms with Gasteiger partial charge in [0, 0.05) is 14.2 Å². The third kappa shape index (κ3) is 10.3. The van der Waals surface area contributed by atoms with E-state index in [1.807, 2.05) is 0 Å². The van der Waals surface area contributed by atoms with E-state index < -0.39 is 16.3 Å². The minimum atomic E-state index is -3.63. The molecule has 0 bridgehead atoms. The highest BCUT2D eigenvalue weighted by molar-refractivity contribution is 7.89. The molecule has 0 aromatic carbocycles. The molecule has 0 rings (SSSR count). The van der Waals surface area contributed by atoms with Crippen LogP contribution in [0.3, 0.4) is 0 Å². The van der Waals surface area contributed by atoms with Gasteiger partial charge in [-0.05, 0) is 0 Å². The van der Waals surface area contributed by atoms with Crippen molar-refractivity contribution in [3.05, 3.63) is 0 Å². The van der Waals surface area contributed by atoms with E-state index in [4.69, 9.17) is 24.1 Å². The summed E-state index contributed by atoms with van der Waals surface area (Å²) in [4.78, 5) is 0. The highest BCUT2D eigenvalue weighted by Gasteiger charge is 2.16. The SMILES string of the molecule is COCCOC(CS(N)(=O)=O)OCCOC. The third-order valence-corrected chi connectivity index (χ3v) is 2.29. The number of hydrogen-bond donors (Lipinski definition) is 1. The summed E-state index contributed by atoms with van der Waals surface area (Å²) >= 11 is 0. The van der Waals surface area contributed by atoms with Gasteiger partial charge in [-0.15, -0.1) is 0 Å². The summed E-state index contributed by atoms with van der Waals surface area (Å²) in [6.45, 7) is 1.19. The van der Waals surface area contributed by atoms with E-state index in [1.165, 1.54) is 14.2 Å². The van der Waals surface area contributed by atoms with Gasteiger partial charge in [-0.2, -0.15) is 0 Å². The van der Waals surface area contributed by atoms with Gasteiger partial charge in [0.05, 0.1) is 26.4 Å². The van der Waals surface area contributed by atoms with Gasteiger partial charge < -0.3 is 18.9 Å². The first-order chi connectivity index (χ1) is 7.49.